The number of hydrogen-bond acceptors (Lipinski definition) is 4. The Labute approximate surface area is 214 Å². The number of anilines is 1. The van der Waals surface area contributed by atoms with Crippen LogP contribution >= 0.6 is 0 Å². The molecule has 0 radical (unpaired) electrons. The van der Waals surface area contributed by atoms with Crippen LogP contribution in [0.1, 0.15) is 11.5 Å². The minimum Gasteiger partial charge on any atom is -0.383 e. The zero-order chi connectivity index (χ0) is 25.8. The summed E-state index contributed by atoms with van der Waals surface area (Å²) in [6.45, 7) is 2.35. The molecule has 6 nitrogen and oxygen atoms in total. The molecule has 0 spiro atoms. The normalized spacial score (nSPS) is 17.7. The molecule has 2 heterocycles. The van der Waals surface area contributed by atoms with Crippen LogP contribution in [0.2, 0.25) is 0 Å². The van der Waals surface area contributed by atoms with Crippen LogP contribution in [0.5, 0.6) is 0 Å². The van der Waals surface area contributed by atoms with Gasteiger partial charge in [0.1, 0.15) is 0 Å². The number of rotatable bonds is 7. The number of amides is 2. The number of methoxy groups -OCH3 is 1. The van der Waals surface area contributed by atoms with Gasteiger partial charge in [0.2, 0.25) is 0 Å². The van der Waals surface area contributed by atoms with E-state index < -0.39 is 11.6 Å². The van der Waals surface area contributed by atoms with Gasteiger partial charge in [0.05, 0.1) is 29.5 Å². The summed E-state index contributed by atoms with van der Waals surface area (Å²) in [7, 11) is 1.63. The largest absolute Gasteiger partial charge is 0.383 e. The van der Waals surface area contributed by atoms with Crippen LogP contribution in [0, 0.1) is 11.6 Å². The van der Waals surface area contributed by atoms with Gasteiger partial charge < -0.3 is 15.4 Å². The van der Waals surface area contributed by atoms with Gasteiger partial charge in [0.15, 0.2) is 11.6 Å². The number of hydrogen-bond donors (Lipinski definition) is 2. The van der Waals surface area contributed by atoms with E-state index in [1.54, 1.807) is 13.2 Å². The lowest BCUT2D eigenvalue weighted by Crippen LogP contribution is -2.42. The molecule has 3 aromatic carbocycles. The van der Waals surface area contributed by atoms with Crippen LogP contribution in [0.4, 0.5) is 19.3 Å². The quantitative estimate of drug-likeness (QED) is 0.354. The van der Waals surface area contributed by atoms with Crippen LogP contribution in [0.3, 0.4) is 0 Å². The third-order valence-electron chi connectivity index (χ3n) is 6.71. The molecule has 1 aromatic heterocycles. The first kappa shape index (κ1) is 24.8. The molecule has 190 valence electrons. The molecule has 1 aliphatic heterocycles. The maximum Gasteiger partial charge on any atom is 0.319 e. The number of ether oxygens (including phenoxy) is 1. The number of para-hydroxylation sites is 1. The molecule has 0 bridgehead atoms. The van der Waals surface area contributed by atoms with Crippen molar-refractivity contribution in [1.82, 2.24) is 15.2 Å². The van der Waals surface area contributed by atoms with Gasteiger partial charge in [-0.1, -0.05) is 54.6 Å². The van der Waals surface area contributed by atoms with Gasteiger partial charge >= 0.3 is 6.03 Å². The Morgan fingerprint density at radius 2 is 1.78 bits per heavy atom. The standard InChI is InChI=1S/C29H28F2N4O2/c1-37-14-13-35-17-22(20-11-12-23(30)24(31)15-20)27(18-35)34-29(36)33-26-16-21-9-5-6-10-25(21)32-28(26)19-7-3-2-4-8-19/h2-12,15-16,22,27H,13-14,17-18H2,1H3,(H2,33,34,36)/t22-,27+/m0/s1. The fraction of sp³-hybridized carbons (Fsp3) is 0.241. The van der Waals surface area contributed by atoms with Crippen LogP contribution in [0.15, 0.2) is 78.9 Å². The third-order valence-corrected chi connectivity index (χ3v) is 6.71. The van der Waals surface area contributed by atoms with Crippen LogP contribution < -0.4 is 10.6 Å². The lowest BCUT2D eigenvalue weighted by molar-refractivity contribution is 0.159. The number of nitrogens with one attached hydrogen (secondary N) is 2. The average molecular weight is 503 g/mol. The van der Waals surface area contributed by atoms with Crippen molar-refractivity contribution in [2.75, 3.05) is 38.7 Å². The molecule has 1 aliphatic rings. The molecule has 37 heavy (non-hydrogen) atoms. The van der Waals surface area contributed by atoms with E-state index in [-0.39, 0.29) is 18.0 Å². The van der Waals surface area contributed by atoms with Gasteiger partial charge in [-0.15, -0.1) is 0 Å². The number of fused-ring (bicyclic) bond motifs is 1. The highest BCUT2D eigenvalue weighted by molar-refractivity contribution is 5.97. The zero-order valence-corrected chi connectivity index (χ0v) is 20.5. The summed E-state index contributed by atoms with van der Waals surface area (Å²) in [6.07, 6.45) is 0. The molecule has 4 aromatic rings. The Kier molecular flexibility index (Phi) is 7.39. The fourth-order valence-corrected chi connectivity index (χ4v) is 4.87. The van der Waals surface area contributed by atoms with Gasteiger partial charge in [-0.25, -0.2) is 18.6 Å². The van der Waals surface area contributed by atoms with Crippen molar-refractivity contribution >= 4 is 22.6 Å². The predicted octanol–water partition coefficient (Wildman–Crippen LogP) is 5.42. The second-order valence-corrected chi connectivity index (χ2v) is 9.18. The minimum absolute atomic E-state index is 0.207. The van der Waals surface area contributed by atoms with Crippen LogP contribution in [-0.4, -0.2) is 55.3 Å². The van der Waals surface area contributed by atoms with E-state index in [0.29, 0.717) is 43.2 Å². The summed E-state index contributed by atoms with van der Waals surface area (Å²) in [4.78, 5) is 20.2. The van der Waals surface area contributed by atoms with Crippen molar-refractivity contribution in [1.29, 1.82) is 0 Å². The third kappa shape index (κ3) is 5.60. The smallest absolute Gasteiger partial charge is 0.319 e. The van der Waals surface area contributed by atoms with E-state index in [2.05, 4.69) is 15.5 Å². The molecule has 1 fully saturated rings. The number of aromatic nitrogens is 1. The second kappa shape index (κ2) is 11.0. The molecule has 2 amide bonds. The highest BCUT2D eigenvalue weighted by Crippen LogP contribution is 2.31. The molecule has 1 saturated heterocycles. The second-order valence-electron chi connectivity index (χ2n) is 9.18. The van der Waals surface area contributed by atoms with Gasteiger partial charge in [-0.05, 0) is 29.8 Å². The van der Waals surface area contributed by atoms with Crippen molar-refractivity contribution in [2.45, 2.75) is 12.0 Å². The van der Waals surface area contributed by atoms with Gasteiger partial charge in [0, 0.05) is 43.6 Å². The van der Waals surface area contributed by atoms with Crippen LogP contribution in [-0.2, 0) is 4.74 Å². The first-order valence-electron chi connectivity index (χ1n) is 12.2. The Hall–Kier alpha value is -3.88. The number of likely N-dealkylation sites (tertiary alicyclic amines) is 1. The first-order chi connectivity index (χ1) is 18.0. The molecule has 0 unspecified atom stereocenters. The summed E-state index contributed by atoms with van der Waals surface area (Å²) >= 11 is 0. The van der Waals surface area contributed by atoms with E-state index >= 15 is 0 Å². The monoisotopic (exact) mass is 502 g/mol. The topological polar surface area (TPSA) is 66.5 Å². The molecule has 0 aliphatic carbocycles. The summed E-state index contributed by atoms with van der Waals surface area (Å²) in [5.41, 5.74) is 3.60. The van der Waals surface area contributed by atoms with E-state index in [1.165, 1.54) is 6.07 Å². The lowest BCUT2D eigenvalue weighted by Gasteiger charge is -2.21. The van der Waals surface area contributed by atoms with E-state index in [9.17, 15) is 13.6 Å². The lowest BCUT2D eigenvalue weighted by atomic mass is 9.94. The van der Waals surface area contributed by atoms with Crippen LogP contribution in [0.25, 0.3) is 22.2 Å². The Morgan fingerprint density at radius 1 is 1.00 bits per heavy atom. The van der Waals surface area contributed by atoms with E-state index in [0.717, 1.165) is 22.5 Å². The van der Waals surface area contributed by atoms with Crippen molar-refractivity contribution < 1.29 is 18.3 Å². The first-order valence-corrected chi connectivity index (χ1v) is 12.2. The summed E-state index contributed by atoms with van der Waals surface area (Å²) in [5, 5.41) is 6.96. The van der Waals surface area contributed by atoms with Crippen molar-refractivity contribution in [3.63, 3.8) is 0 Å². The van der Waals surface area contributed by atoms with Crippen molar-refractivity contribution in [3.8, 4) is 11.3 Å². The average Bonchev–Trinajstić information content (AvgIpc) is 3.31. The maximum absolute atomic E-state index is 14.0. The predicted molar refractivity (Wildman–Crippen MR) is 141 cm³/mol. The fourth-order valence-electron chi connectivity index (χ4n) is 4.87. The molecule has 0 saturated carbocycles. The number of benzene rings is 3. The summed E-state index contributed by atoms with van der Waals surface area (Å²) < 4.78 is 32.8. The number of carbonyl (C=O) groups is 1. The highest BCUT2D eigenvalue weighted by Gasteiger charge is 2.35. The molecular formula is C29H28F2N4O2. The number of carbonyl (C=O) groups excluding carboxylic acids is 1. The van der Waals surface area contributed by atoms with E-state index in [4.69, 9.17) is 9.72 Å². The Morgan fingerprint density at radius 3 is 2.57 bits per heavy atom. The number of pyridine rings is 1. The maximum atomic E-state index is 14.0. The summed E-state index contributed by atoms with van der Waals surface area (Å²) in [6, 6.07) is 22.6. The number of halogens is 2. The molecule has 2 atom stereocenters. The summed E-state index contributed by atoms with van der Waals surface area (Å²) in [5.74, 6) is -2.00. The van der Waals surface area contributed by atoms with Gasteiger partial charge in [0.25, 0.3) is 0 Å². The minimum atomic E-state index is -0.897. The zero-order valence-electron chi connectivity index (χ0n) is 20.5. The molecular weight excluding hydrogens is 474 g/mol. The Bertz CT molecular complexity index is 1400. The van der Waals surface area contributed by atoms with Crippen molar-refractivity contribution in [2.24, 2.45) is 0 Å². The number of urea groups is 1. The Balaban J connectivity index is 1.40. The van der Waals surface area contributed by atoms with Gasteiger partial charge in [-0.3, -0.25) is 4.90 Å². The van der Waals surface area contributed by atoms with Crippen molar-refractivity contribution in [3.05, 3.63) is 96.1 Å². The highest BCUT2D eigenvalue weighted by atomic mass is 19.2. The van der Waals surface area contributed by atoms with Gasteiger partial charge in [-0.2, -0.15) is 0 Å². The number of nitrogens with zero attached hydrogens (tertiary/aromatic N) is 2. The van der Waals surface area contributed by atoms with E-state index in [1.807, 2.05) is 60.7 Å². The molecule has 5 rings (SSSR count). The SMILES string of the molecule is COCCN1C[C@@H](NC(=O)Nc2cc3ccccc3nc2-c2ccccc2)[C@H](c2ccc(F)c(F)c2)C1. The molecule has 2 N–H and O–H groups in total. The molecule has 8 heteroatoms.